The van der Waals surface area contributed by atoms with E-state index in [1.54, 1.807) is 12.3 Å². The lowest BCUT2D eigenvalue weighted by molar-refractivity contribution is 0.0896. The molecule has 16 heavy (non-hydrogen) atoms. The second-order valence-electron chi connectivity index (χ2n) is 4.48. The topological polar surface area (TPSA) is 54.3 Å². The van der Waals surface area contributed by atoms with Gasteiger partial charge in [0, 0.05) is 17.6 Å². The van der Waals surface area contributed by atoms with Crippen molar-refractivity contribution in [3.63, 3.8) is 0 Å². The Balaban J connectivity index is 1.95. The third-order valence-corrected chi connectivity index (χ3v) is 3.03. The second kappa shape index (κ2) is 4.70. The first-order valence-electron chi connectivity index (χ1n) is 5.75. The van der Waals surface area contributed by atoms with E-state index in [9.17, 15) is 4.79 Å². The number of carbonyl (C=O) groups excluding carboxylic acids is 1. The van der Waals surface area contributed by atoms with Crippen molar-refractivity contribution in [2.24, 2.45) is 0 Å². The van der Waals surface area contributed by atoms with E-state index in [1.165, 1.54) is 0 Å². The number of rotatable bonds is 2. The van der Waals surface area contributed by atoms with Crippen LogP contribution >= 0.6 is 0 Å². The smallest absolute Gasteiger partial charge is 0.287 e. The summed E-state index contributed by atoms with van der Waals surface area (Å²) in [6, 6.07) is 2.53. The van der Waals surface area contributed by atoms with Gasteiger partial charge in [0.2, 0.25) is 0 Å². The van der Waals surface area contributed by atoms with Crippen LogP contribution in [0.5, 0.6) is 0 Å². The molecule has 2 atom stereocenters. The predicted octanol–water partition coefficient (Wildman–Crippen LogP) is 1.46. The number of furan rings is 1. The predicted molar refractivity (Wildman–Crippen MR) is 61.4 cm³/mol. The van der Waals surface area contributed by atoms with Gasteiger partial charge in [-0.1, -0.05) is 0 Å². The van der Waals surface area contributed by atoms with Crippen molar-refractivity contribution in [2.45, 2.75) is 38.8 Å². The van der Waals surface area contributed by atoms with Crippen molar-refractivity contribution < 1.29 is 9.21 Å². The fourth-order valence-corrected chi connectivity index (χ4v) is 2.12. The highest BCUT2D eigenvalue weighted by Crippen LogP contribution is 2.12. The van der Waals surface area contributed by atoms with Gasteiger partial charge in [-0.2, -0.15) is 0 Å². The Labute approximate surface area is 95.4 Å². The third kappa shape index (κ3) is 2.44. The van der Waals surface area contributed by atoms with Crippen LogP contribution < -0.4 is 10.6 Å². The molecular formula is C12H18N2O2. The molecule has 88 valence electrons. The van der Waals surface area contributed by atoms with E-state index in [1.807, 2.05) is 6.92 Å². The minimum Gasteiger partial charge on any atom is -0.459 e. The van der Waals surface area contributed by atoms with Gasteiger partial charge in [-0.25, -0.2) is 0 Å². The van der Waals surface area contributed by atoms with E-state index < -0.39 is 0 Å². The van der Waals surface area contributed by atoms with Crippen molar-refractivity contribution in [3.05, 3.63) is 23.7 Å². The van der Waals surface area contributed by atoms with Crippen LogP contribution in [0, 0.1) is 6.92 Å². The summed E-state index contributed by atoms with van der Waals surface area (Å²) in [4.78, 5) is 11.9. The monoisotopic (exact) mass is 222 g/mol. The highest BCUT2D eigenvalue weighted by atomic mass is 16.3. The molecule has 1 aromatic heterocycles. The van der Waals surface area contributed by atoms with E-state index in [-0.39, 0.29) is 11.9 Å². The van der Waals surface area contributed by atoms with Gasteiger partial charge in [0.1, 0.15) is 0 Å². The fraction of sp³-hybridized carbons (Fsp3) is 0.583. The standard InChI is InChI=1S/C12H18N2O2/c1-8-4-6-16-11(8)12(15)14-10-3-5-13-9(2)7-10/h4,6,9-10,13H,3,5,7H2,1-2H3,(H,14,15). The molecule has 2 rings (SSSR count). The zero-order chi connectivity index (χ0) is 11.5. The highest BCUT2D eigenvalue weighted by molar-refractivity contribution is 5.92. The van der Waals surface area contributed by atoms with Crippen molar-refractivity contribution >= 4 is 5.91 Å². The Morgan fingerprint density at radius 1 is 1.62 bits per heavy atom. The van der Waals surface area contributed by atoms with Gasteiger partial charge in [-0.15, -0.1) is 0 Å². The van der Waals surface area contributed by atoms with E-state index in [0.717, 1.165) is 24.9 Å². The van der Waals surface area contributed by atoms with Gasteiger partial charge in [0.15, 0.2) is 5.76 Å². The maximum absolute atomic E-state index is 11.9. The van der Waals surface area contributed by atoms with Crippen LogP contribution in [0.2, 0.25) is 0 Å². The number of amides is 1. The Morgan fingerprint density at radius 2 is 2.44 bits per heavy atom. The normalized spacial score (nSPS) is 25.4. The molecule has 1 amide bonds. The van der Waals surface area contributed by atoms with Crippen molar-refractivity contribution in [2.75, 3.05) is 6.54 Å². The van der Waals surface area contributed by atoms with E-state index >= 15 is 0 Å². The fourth-order valence-electron chi connectivity index (χ4n) is 2.12. The maximum atomic E-state index is 11.9. The number of aryl methyl sites for hydroxylation is 1. The Hall–Kier alpha value is -1.29. The lowest BCUT2D eigenvalue weighted by atomic mass is 10.0. The zero-order valence-electron chi connectivity index (χ0n) is 9.75. The van der Waals surface area contributed by atoms with Crippen molar-refractivity contribution in [1.29, 1.82) is 0 Å². The van der Waals surface area contributed by atoms with E-state index in [4.69, 9.17) is 4.42 Å². The first-order chi connectivity index (χ1) is 7.66. The molecule has 0 saturated carbocycles. The molecule has 1 aliphatic rings. The molecule has 1 saturated heterocycles. The first-order valence-corrected chi connectivity index (χ1v) is 5.75. The van der Waals surface area contributed by atoms with Gasteiger partial charge >= 0.3 is 0 Å². The number of hydrogen-bond acceptors (Lipinski definition) is 3. The molecule has 0 bridgehead atoms. The lowest BCUT2D eigenvalue weighted by Gasteiger charge is -2.28. The molecule has 4 nitrogen and oxygen atoms in total. The molecule has 0 aromatic carbocycles. The van der Waals surface area contributed by atoms with Crippen LogP contribution in [0.1, 0.15) is 35.9 Å². The van der Waals surface area contributed by atoms with Crippen LogP contribution in [0.4, 0.5) is 0 Å². The van der Waals surface area contributed by atoms with Crippen LogP contribution in [0.3, 0.4) is 0 Å². The number of nitrogens with one attached hydrogen (secondary N) is 2. The molecule has 0 aliphatic carbocycles. The third-order valence-electron chi connectivity index (χ3n) is 3.03. The van der Waals surface area contributed by atoms with Gasteiger partial charge in [0.05, 0.1) is 6.26 Å². The quantitative estimate of drug-likeness (QED) is 0.796. The highest BCUT2D eigenvalue weighted by Gasteiger charge is 2.22. The average Bonchev–Trinajstić information content (AvgIpc) is 2.64. The SMILES string of the molecule is Cc1ccoc1C(=O)NC1CCNC(C)C1. The molecule has 1 fully saturated rings. The number of piperidine rings is 1. The summed E-state index contributed by atoms with van der Waals surface area (Å²) >= 11 is 0. The summed E-state index contributed by atoms with van der Waals surface area (Å²) in [6.07, 6.45) is 3.51. The van der Waals surface area contributed by atoms with Gasteiger partial charge in [-0.05, 0) is 39.3 Å². The molecule has 2 N–H and O–H groups in total. The Bertz CT molecular complexity index is 373. The van der Waals surface area contributed by atoms with Gasteiger partial charge < -0.3 is 15.1 Å². The molecular weight excluding hydrogens is 204 g/mol. The molecule has 0 radical (unpaired) electrons. The van der Waals surface area contributed by atoms with E-state index in [2.05, 4.69) is 17.6 Å². The van der Waals surface area contributed by atoms with Crippen molar-refractivity contribution in [3.8, 4) is 0 Å². The van der Waals surface area contributed by atoms with Crippen LogP contribution in [0.15, 0.2) is 16.7 Å². The summed E-state index contributed by atoms with van der Waals surface area (Å²) in [5, 5.41) is 6.38. The number of carbonyl (C=O) groups is 1. The summed E-state index contributed by atoms with van der Waals surface area (Å²) in [5.41, 5.74) is 0.888. The largest absolute Gasteiger partial charge is 0.459 e. The molecule has 4 heteroatoms. The van der Waals surface area contributed by atoms with Gasteiger partial charge in [0.25, 0.3) is 5.91 Å². The summed E-state index contributed by atoms with van der Waals surface area (Å²) in [7, 11) is 0. The Morgan fingerprint density at radius 3 is 3.06 bits per heavy atom. The second-order valence-corrected chi connectivity index (χ2v) is 4.48. The lowest BCUT2D eigenvalue weighted by Crippen LogP contribution is -2.46. The van der Waals surface area contributed by atoms with Crippen LogP contribution in [-0.2, 0) is 0 Å². The minimum absolute atomic E-state index is 0.0957. The van der Waals surface area contributed by atoms with E-state index in [0.29, 0.717) is 11.8 Å². The van der Waals surface area contributed by atoms with Crippen LogP contribution in [0.25, 0.3) is 0 Å². The summed E-state index contributed by atoms with van der Waals surface area (Å²) in [5.74, 6) is 0.341. The maximum Gasteiger partial charge on any atom is 0.287 e. The summed E-state index contributed by atoms with van der Waals surface area (Å²) < 4.78 is 5.17. The molecule has 2 unspecified atom stereocenters. The number of hydrogen-bond donors (Lipinski definition) is 2. The first kappa shape index (κ1) is 11.2. The van der Waals surface area contributed by atoms with Crippen molar-refractivity contribution in [1.82, 2.24) is 10.6 Å². The molecule has 1 aliphatic heterocycles. The molecule has 1 aromatic rings. The van der Waals surface area contributed by atoms with Gasteiger partial charge in [-0.3, -0.25) is 4.79 Å². The Kier molecular flexibility index (Phi) is 3.29. The minimum atomic E-state index is -0.0957. The molecule has 2 heterocycles. The summed E-state index contributed by atoms with van der Waals surface area (Å²) in [6.45, 7) is 4.98. The van der Waals surface area contributed by atoms with Crippen LogP contribution in [-0.4, -0.2) is 24.5 Å². The molecule has 0 spiro atoms. The average molecular weight is 222 g/mol. The zero-order valence-corrected chi connectivity index (χ0v) is 9.75.